The quantitative estimate of drug-likeness (QED) is 0.319. The van der Waals surface area contributed by atoms with Gasteiger partial charge in [-0.15, -0.1) is 0 Å². The van der Waals surface area contributed by atoms with Gasteiger partial charge in [0.05, 0.1) is 6.04 Å². The highest BCUT2D eigenvalue weighted by atomic mass is 35.5. The summed E-state index contributed by atoms with van der Waals surface area (Å²) in [7, 11) is 0. The molecule has 0 aromatic heterocycles. The number of carbonyl (C=O) groups is 2. The van der Waals surface area contributed by atoms with E-state index >= 15 is 0 Å². The fraction of sp³-hybridized carbons (Fsp3) is 0.389. The van der Waals surface area contributed by atoms with E-state index in [1.54, 1.807) is 6.08 Å². The molecule has 2 heterocycles. The molecule has 0 radical (unpaired) electrons. The highest BCUT2D eigenvalue weighted by molar-refractivity contribution is 6.30. The first-order valence-electron chi connectivity index (χ1n) is 15.8. The van der Waals surface area contributed by atoms with Gasteiger partial charge in [-0.25, -0.2) is 0 Å². The molecule has 2 aliphatic heterocycles. The predicted octanol–water partition coefficient (Wildman–Crippen LogP) is 5.60. The third-order valence-corrected chi connectivity index (χ3v) is 9.23. The molecule has 3 fully saturated rings. The van der Waals surface area contributed by atoms with Crippen LogP contribution in [0.3, 0.4) is 0 Å². The number of nitrogens with zero attached hydrogens (tertiary/aromatic N) is 3. The number of fused-ring (bicyclic) bond motifs is 1. The minimum absolute atomic E-state index is 0.00288. The lowest BCUT2D eigenvalue weighted by molar-refractivity contribution is -0.149. The van der Waals surface area contributed by atoms with Crippen molar-refractivity contribution < 1.29 is 14.3 Å². The SMILES string of the molecule is O=C(NCCN1CCN(Cc2ccccc2)CC1)c1ccc(/C=C2\OC3CCCCC3N(Cc3ccc(Cl)cc3)C2=O)cc1. The van der Waals surface area contributed by atoms with Crippen molar-refractivity contribution in [3.8, 4) is 0 Å². The van der Waals surface area contributed by atoms with Gasteiger partial charge in [0.15, 0.2) is 5.76 Å². The lowest BCUT2D eigenvalue weighted by atomic mass is 9.89. The lowest BCUT2D eigenvalue weighted by Crippen LogP contribution is -2.54. The summed E-state index contributed by atoms with van der Waals surface area (Å²) >= 11 is 6.08. The number of rotatable bonds is 9. The Kier molecular flexibility index (Phi) is 9.96. The van der Waals surface area contributed by atoms with Crippen LogP contribution in [0, 0.1) is 0 Å². The first kappa shape index (κ1) is 30.4. The van der Waals surface area contributed by atoms with Gasteiger partial charge in [0, 0.05) is 62.9 Å². The Bertz CT molecular complexity index is 1440. The van der Waals surface area contributed by atoms with Gasteiger partial charge in [-0.05, 0) is 66.3 Å². The van der Waals surface area contributed by atoms with Crippen LogP contribution in [0.4, 0.5) is 0 Å². The molecule has 3 aromatic carbocycles. The molecule has 1 saturated carbocycles. The Morgan fingerprint density at radius 1 is 0.841 bits per heavy atom. The average molecular weight is 613 g/mol. The normalized spacial score (nSPS) is 22.0. The van der Waals surface area contributed by atoms with Gasteiger partial charge in [-0.2, -0.15) is 0 Å². The fourth-order valence-electron chi connectivity index (χ4n) is 6.47. The first-order valence-corrected chi connectivity index (χ1v) is 16.2. The molecule has 3 aliphatic rings. The Balaban J connectivity index is 1.01. The Hall–Kier alpha value is -3.65. The van der Waals surface area contributed by atoms with Crippen LogP contribution >= 0.6 is 11.6 Å². The monoisotopic (exact) mass is 612 g/mol. The van der Waals surface area contributed by atoms with Crippen LogP contribution in [0.15, 0.2) is 84.6 Å². The zero-order valence-corrected chi connectivity index (χ0v) is 25.9. The molecule has 6 rings (SSSR count). The number of ether oxygens (including phenoxy) is 1. The van der Waals surface area contributed by atoms with E-state index in [0.717, 1.165) is 76.1 Å². The summed E-state index contributed by atoms with van der Waals surface area (Å²) in [5.41, 5.74) is 3.84. The minimum Gasteiger partial charge on any atom is -0.482 e. The summed E-state index contributed by atoms with van der Waals surface area (Å²) in [4.78, 5) is 33.3. The molecule has 8 heteroatoms. The van der Waals surface area contributed by atoms with Gasteiger partial charge in [-0.1, -0.05) is 72.6 Å². The van der Waals surface area contributed by atoms with Crippen molar-refractivity contribution in [2.75, 3.05) is 39.3 Å². The van der Waals surface area contributed by atoms with E-state index in [-0.39, 0.29) is 24.0 Å². The zero-order valence-electron chi connectivity index (χ0n) is 25.2. The maximum Gasteiger partial charge on any atom is 0.289 e. The number of amides is 2. The second-order valence-electron chi connectivity index (χ2n) is 12.1. The molecule has 1 N–H and O–H groups in total. The number of nitrogens with one attached hydrogen (secondary N) is 1. The highest BCUT2D eigenvalue weighted by Crippen LogP contribution is 2.34. The van der Waals surface area contributed by atoms with E-state index in [9.17, 15) is 9.59 Å². The molecule has 3 aromatic rings. The summed E-state index contributed by atoms with van der Waals surface area (Å²) in [5, 5.41) is 3.75. The van der Waals surface area contributed by atoms with Crippen LogP contribution in [-0.4, -0.2) is 77.9 Å². The minimum atomic E-state index is -0.0918. The number of morpholine rings is 1. The third kappa shape index (κ3) is 7.70. The molecule has 7 nitrogen and oxygen atoms in total. The number of hydrogen-bond donors (Lipinski definition) is 1. The molecule has 2 atom stereocenters. The average Bonchev–Trinajstić information content (AvgIpc) is 3.05. The molecule has 44 heavy (non-hydrogen) atoms. The van der Waals surface area contributed by atoms with Gasteiger partial charge in [-0.3, -0.25) is 19.4 Å². The first-order chi connectivity index (χ1) is 21.5. The fourth-order valence-corrected chi connectivity index (χ4v) is 6.60. The number of benzene rings is 3. The van der Waals surface area contributed by atoms with Crippen molar-refractivity contribution in [3.63, 3.8) is 0 Å². The number of carbonyl (C=O) groups excluding carboxylic acids is 2. The van der Waals surface area contributed by atoms with Crippen LogP contribution in [0.1, 0.15) is 52.7 Å². The van der Waals surface area contributed by atoms with Crippen LogP contribution in [-0.2, 0) is 22.6 Å². The van der Waals surface area contributed by atoms with Crippen molar-refractivity contribution in [3.05, 3.63) is 112 Å². The summed E-state index contributed by atoms with van der Waals surface area (Å²) in [5.74, 6) is 0.185. The van der Waals surface area contributed by atoms with Crippen molar-refractivity contribution in [1.82, 2.24) is 20.0 Å². The summed E-state index contributed by atoms with van der Waals surface area (Å²) in [6.45, 7) is 7.04. The number of piperazine rings is 1. The molecular weight excluding hydrogens is 572 g/mol. The Labute approximate surface area is 265 Å². The molecule has 2 saturated heterocycles. The zero-order chi connectivity index (χ0) is 30.3. The largest absolute Gasteiger partial charge is 0.482 e. The Morgan fingerprint density at radius 3 is 2.27 bits per heavy atom. The van der Waals surface area contributed by atoms with Gasteiger partial charge in [0.25, 0.3) is 11.8 Å². The third-order valence-electron chi connectivity index (χ3n) is 8.98. The van der Waals surface area contributed by atoms with E-state index < -0.39 is 0 Å². The van der Waals surface area contributed by atoms with E-state index in [2.05, 4.69) is 45.4 Å². The maximum atomic E-state index is 13.6. The number of hydrogen-bond acceptors (Lipinski definition) is 5. The summed E-state index contributed by atoms with van der Waals surface area (Å²) in [6.07, 6.45) is 5.90. The van der Waals surface area contributed by atoms with E-state index in [1.807, 2.05) is 53.4 Å². The van der Waals surface area contributed by atoms with Gasteiger partial charge in [0.2, 0.25) is 0 Å². The molecule has 230 valence electrons. The van der Waals surface area contributed by atoms with Crippen molar-refractivity contribution in [1.29, 1.82) is 0 Å². The van der Waals surface area contributed by atoms with Crippen molar-refractivity contribution in [2.45, 2.75) is 50.9 Å². The molecule has 1 aliphatic carbocycles. The standard InChI is InChI=1S/C36H41ClN4O3/c37-31-16-12-29(13-17-31)26-41-32-8-4-5-9-33(32)44-34(36(41)43)24-27-10-14-30(15-11-27)35(42)38-18-19-39-20-22-40(23-21-39)25-28-6-2-1-3-7-28/h1-3,6-7,10-17,24,32-33H,4-5,8-9,18-23,25-26H2,(H,38,42)/b34-24-. The van der Waals surface area contributed by atoms with Gasteiger partial charge in [0.1, 0.15) is 6.10 Å². The topological polar surface area (TPSA) is 65.1 Å². The van der Waals surface area contributed by atoms with Gasteiger partial charge < -0.3 is 15.0 Å². The second-order valence-corrected chi connectivity index (χ2v) is 12.5. The molecule has 0 spiro atoms. The van der Waals surface area contributed by atoms with E-state index in [1.165, 1.54) is 5.56 Å². The molecule has 2 amide bonds. The molecule has 0 bridgehead atoms. The summed E-state index contributed by atoms with van der Waals surface area (Å²) in [6, 6.07) is 25.7. The van der Waals surface area contributed by atoms with Crippen LogP contribution < -0.4 is 5.32 Å². The summed E-state index contributed by atoms with van der Waals surface area (Å²) < 4.78 is 6.28. The number of halogens is 1. The molecule has 2 unspecified atom stereocenters. The Morgan fingerprint density at radius 2 is 1.52 bits per heavy atom. The van der Waals surface area contributed by atoms with Gasteiger partial charge >= 0.3 is 0 Å². The lowest BCUT2D eigenvalue weighted by Gasteiger charge is -2.44. The van der Waals surface area contributed by atoms with Crippen LogP contribution in [0.2, 0.25) is 5.02 Å². The maximum absolute atomic E-state index is 13.6. The van der Waals surface area contributed by atoms with E-state index in [0.29, 0.717) is 29.4 Å². The molecular formula is C36H41ClN4O3. The van der Waals surface area contributed by atoms with Crippen LogP contribution in [0.5, 0.6) is 0 Å². The van der Waals surface area contributed by atoms with Crippen LogP contribution in [0.25, 0.3) is 6.08 Å². The van der Waals surface area contributed by atoms with Crippen molar-refractivity contribution >= 4 is 29.5 Å². The smallest absolute Gasteiger partial charge is 0.289 e. The predicted molar refractivity (Wildman–Crippen MR) is 174 cm³/mol. The second kappa shape index (κ2) is 14.4. The van der Waals surface area contributed by atoms with Crippen molar-refractivity contribution in [2.24, 2.45) is 0 Å². The van der Waals surface area contributed by atoms with E-state index in [4.69, 9.17) is 16.3 Å². The highest BCUT2D eigenvalue weighted by Gasteiger charge is 2.41.